The summed E-state index contributed by atoms with van der Waals surface area (Å²) in [5.74, 6) is -0.320. The van der Waals surface area contributed by atoms with Gasteiger partial charge in [0, 0.05) is 5.75 Å². The molecule has 0 fully saturated rings. The summed E-state index contributed by atoms with van der Waals surface area (Å²) in [6.45, 7) is 4.08. The Labute approximate surface area is 90.4 Å². The van der Waals surface area contributed by atoms with Gasteiger partial charge >= 0.3 is 0 Å². The van der Waals surface area contributed by atoms with Crippen molar-refractivity contribution in [1.82, 2.24) is 4.57 Å². The Kier molecular flexibility index (Phi) is 5.24. The largest absolute Gasteiger partial charge is 0.748 e. The molecule has 5 nitrogen and oxygen atoms in total. The van der Waals surface area contributed by atoms with Gasteiger partial charge in [-0.2, -0.15) is 0 Å². The molecule has 1 heterocycles. The molecular formula is C9H16N2O3S. The standard InChI is InChI=1S/C8H12N2O3S.CH4/c1-2-9-5-6-10(8-9)4-3-7-14(11,12)13;/h2,5-6,8H,1,3-4,7H2;1H4. The summed E-state index contributed by atoms with van der Waals surface area (Å²) in [4.78, 5) is 0. The Bertz CT molecular complexity index is 409. The smallest absolute Gasteiger partial charge is 0.248 e. The zero-order valence-corrected chi connectivity index (χ0v) is 8.48. The molecule has 1 aromatic heterocycles. The average Bonchev–Trinajstić information content (AvgIpc) is 2.50. The molecule has 0 amide bonds. The summed E-state index contributed by atoms with van der Waals surface area (Å²) < 4.78 is 34.4. The van der Waals surface area contributed by atoms with Crippen LogP contribution < -0.4 is 4.57 Å². The van der Waals surface area contributed by atoms with E-state index in [0.29, 0.717) is 13.0 Å². The number of aromatic nitrogens is 2. The van der Waals surface area contributed by atoms with Crippen molar-refractivity contribution in [3.05, 3.63) is 25.3 Å². The highest BCUT2D eigenvalue weighted by Gasteiger charge is 2.02. The van der Waals surface area contributed by atoms with Gasteiger partial charge in [0.05, 0.1) is 22.9 Å². The Morgan fingerprint density at radius 1 is 1.53 bits per heavy atom. The van der Waals surface area contributed by atoms with Crippen LogP contribution in [0, 0.1) is 0 Å². The molecule has 0 saturated heterocycles. The lowest BCUT2D eigenvalue weighted by atomic mass is 10.5. The maximum Gasteiger partial charge on any atom is 0.248 e. The van der Waals surface area contributed by atoms with Gasteiger partial charge in [0.15, 0.2) is 0 Å². The molecule has 0 N–H and O–H groups in total. The highest BCUT2D eigenvalue weighted by molar-refractivity contribution is 7.85. The van der Waals surface area contributed by atoms with Gasteiger partial charge in [-0.05, 0) is 6.42 Å². The lowest BCUT2D eigenvalue weighted by Crippen LogP contribution is -2.31. The maximum atomic E-state index is 10.3. The van der Waals surface area contributed by atoms with Gasteiger partial charge < -0.3 is 4.55 Å². The Morgan fingerprint density at radius 2 is 2.20 bits per heavy atom. The van der Waals surface area contributed by atoms with Crippen molar-refractivity contribution in [3.8, 4) is 0 Å². The van der Waals surface area contributed by atoms with Crippen LogP contribution in [0.1, 0.15) is 13.8 Å². The van der Waals surface area contributed by atoms with E-state index in [1.807, 2.05) is 0 Å². The number of hydrogen-bond acceptors (Lipinski definition) is 3. The predicted molar refractivity (Wildman–Crippen MR) is 56.9 cm³/mol. The number of hydrogen-bond donors (Lipinski definition) is 0. The first-order chi connectivity index (χ1) is 6.51. The molecule has 86 valence electrons. The van der Waals surface area contributed by atoms with Gasteiger partial charge in [0.1, 0.15) is 12.4 Å². The van der Waals surface area contributed by atoms with Crippen LogP contribution in [-0.4, -0.2) is 23.3 Å². The van der Waals surface area contributed by atoms with E-state index >= 15 is 0 Å². The van der Waals surface area contributed by atoms with Crippen molar-refractivity contribution in [1.29, 1.82) is 0 Å². The zero-order valence-electron chi connectivity index (χ0n) is 7.67. The molecular weight excluding hydrogens is 216 g/mol. The number of aryl methyl sites for hydroxylation is 1. The van der Waals surface area contributed by atoms with E-state index in [1.165, 1.54) is 0 Å². The van der Waals surface area contributed by atoms with Gasteiger partial charge in [0.2, 0.25) is 6.33 Å². The molecule has 0 saturated carbocycles. The minimum Gasteiger partial charge on any atom is -0.748 e. The van der Waals surface area contributed by atoms with Crippen LogP contribution in [0.25, 0.3) is 6.20 Å². The molecule has 0 aromatic carbocycles. The third-order valence-corrected chi connectivity index (χ3v) is 2.52. The second-order valence-electron chi connectivity index (χ2n) is 2.90. The van der Waals surface area contributed by atoms with Crippen molar-refractivity contribution in [2.75, 3.05) is 5.75 Å². The monoisotopic (exact) mass is 232 g/mol. The zero-order chi connectivity index (χ0) is 10.6. The van der Waals surface area contributed by atoms with Crippen LogP contribution >= 0.6 is 0 Å². The Morgan fingerprint density at radius 3 is 2.67 bits per heavy atom. The SMILES string of the molecule is C.C=Cn1cc[n+](CCCS(=O)(=O)[O-])c1. The fraction of sp³-hybridized carbons (Fsp3) is 0.444. The van der Waals surface area contributed by atoms with Crippen LogP contribution in [-0.2, 0) is 16.7 Å². The van der Waals surface area contributed by atoms with Crippen molar-refractivity contribution < 1.29 is 17.5 Å². The highest BCUT2D eigenvalue weighted by Crippen LogP contribution is 1.89. The molecule has 0 aliphatic heterocycles. The Hall–Kier alpha value is -1.14. The molecule has 0 radical (unpaired) electrons. The van der Waals surface area contributed by atoms with Gasteiger partial charge in [-0.1, -0.05) is 14.0 Å². The van der Waals surface area contributed by atoms with E-state index in [2.05, 4.69) is 6.58 Å². The molecule has 0 bridgehead atoms. The van der Waals surface area contributed by atoms with Crippen molar-refractivity contribution in [3.63, 3.8) is 0 Å². The lowest BCUT2D eigenvalue weighted by molar-refractivity contribution is -0.696. The summed E-state index contributed by atoms with van der Waals surface area (Å²) in [6, 6.07) is 0. The van der Waals surface area contributed by atoms with Crippen LogP contribution in [0.2, 0.25) is 0 Å². The fourth-order valence-electron chi connectivity index (χ4n) is 1.08. The average molecular weight is 232 g/mol. The first-order valence-corrected chi connectivity index (χ1v) is 5.71. The first kappa shape index (κ1) is 13.9. The van der Waals surface area contributed by atoms with E-state index in [1.54, 1.807) is 34.1 Å². The van der Waals surface area contributed by atoms with Gasteiger partial charge in [-0.25, -0.2) is 17.6 Å². The Balaban J connectivity index is 0.00000196. The number of nitrogens with zero attached hydrogens (tertiary/aromatic N) is 2. The number of imidazole rings is 1. The van der Waals surface area contributed by atoms with E-state index in [9.17, 15) is 13.0 Å². The predicted octanol–water partition coefficient (Wildman–Crippen LogP) is 0.448. The van der Waals surface area contributed by atoms with E-state index in [4.69, 9.17) is 0 Å². The van der Waals surface area contributed by atoms with Gasteiger partial charge in [-0.3, -0.25) is 0 Å². The molecule has 1 aromatic rings. The quantitative estimate of drug-likeness (QED) is 0.547. The third kappa shape index (κ3) is 5.34. The topological polar surface area (TPSA) is 66.0 Å². The molecule has 15 heavy (non-hydrogen) atoms. The van der Waals surface area contributed by atoms with Crippen LogP contribution in [0.15, 0.2) is 25.3 Å². The molecule has 0 aliphatic rings. The fourth-order valence-corrected chi connectivity index (χ4v) is 1.56. The molecule has 0 unspecified atom stereocenters. The minimum atomic E-state index is -4.08. The van der Waals surface area contributed by atoms with Crippen molar-refractivity contribution >= 4 is 16.3 Å². The third-order valence-electron chi connectivity index (χ3n) is 1.73. The van der Waals surface area contributed by atoms with Crippen LogP contribution in [0.5, 0.6) is 0 Å². The molecule has 0 atom stereocenters. The molecule has 0 aliphatic carbocycles. The van der Waals surface area contributed by atoms with Crippen molar-refractivity contribution in [2.45, 2.75) is 20.4 Å². The highest BCUT2D eigenvalue weighted by atomic mass is 32.2. The molecule has 1 rings (SSSR count). The maximum absolute atomic E-state index is 10.3. The summed E-state index contributed by atoms with van der Waals surface area (Å²) in [6.07, 6.45) is 7.31. The van der Waals surface area contributed by atoms with Crippen LogP contribution in [0.4, 0.5) is 0 Å². The van der Waals surface area contributed by atoms with E-state index < -0.39 is 10.1 Å². The summed E-state index contributed by atoms with van der Waals surface area (Å²) in [5, 5.41) is 0. The van der Waals surface area contributed by atoms with Crippen molar-refractivity contribution in [2.24, 2.45) is 0 Å². The van der Waals surface area contributed by atoms with Crippen LogP contribution in [0.3, 0.4) is 0 Å². The van der Waals surface area contributed by atoms with Gasteiger partial charge in [0.25, 0.3) is 0 Å². The van der Waals surface area contributed by atoms with Gasteiger partial charge in [-0.15, -0.1) is 0 Å². The normalized spacial score (nSPS) is 10.7. The molecule has 6 heteroatoms. The second-order valence-corrected chi connectivity index (χ2v) is 4.42. The summed E-state index contributed by atoms with van der Waals surface area (Å²) >= 11 is 0. The lowest BCUT2D eigenvalue weighted by Gasteiger charge is -2.03. The van der Waals surface area contributed by atoms with E-state index in [-0.39, 0.29) is 13.2 Å². The summed E-state index contributed by atoms with van der Waals surface area (Å²) in [5.41, 5.74) is 0. The second kappa shape index (κ2) is 5.67. The van der Waals surface area contributed by atoms with E-state index in [0.717, 1.165) is 0 Å². The minimum absolute atomic E-state index is 0. The molecule has 0 spiro atoms. The number of rotatable bonds is 5. The first-order valence-electron chi connectivity index (χ1n) is 4.14. The summed E-state index contributed by atoms with van der Waals surface area (Å²) in [7, 11) is -4.08.